The second kappa shape index (κ2) is 6.38. The molecule has 5 nitrogen and oxygen atoms in total. The molecule has 0 amide bonds. The molecule has 1 saturated heterocycles. The second-order valence-electron chi connectivity index (χ2n) is 8.43. The van der Waals surface area contributed by atoms with E-state index in [0.29, 0.717) is 17.5 Å². The van der Waals surface area contributed by atoms with Crippen LogP contribution in [0.5, 0.6) is 0 Å². The number of carbonyl (C=O) groups excluding carboxylic acids is 1. The Hall–Kier alpha value is -1.88. The molecule has 26 heavy (non-hydrogen) atoms. The maximum absolute atomic E-state index is 13.0. The first-order chi connectivity index (χ1) is 12.4. The molecule has 3 heterocycles. The monoisotopic (exact) mass is 356 g/mol. The third-order valence-electron chi connectivity index (χ3n) is 6.35. The Morgan fingerprint density at radius 2 is 2.23 bits per heavy atom. The second-order valence-corrected chi connectivity index (χ2v) is 8.43. The van der Waals surface area contributed by atoms with Crippen LogP contribution in [0.4, 0.5) is 0 Å². The number of fused-ring (bicyclic) bond motifs is 4. The molecule has 1 aromatic rings. The van der Waals surface area contributed by atoms with Gasteiger partial charge in [-0.2, -0.15) is 0 Å². The van der Waals surface area contributed by atoms with Crippen LogP contribution in [-0.4, -0.2) is 16.6 Å². The lowest BCUT2D eigenvalue weighted by molar-refractivity contribution is -0.148. The highest BCUT2D eigenvalue weighted by Gasteiger charge is 2.49. The summed E-state index contributed by atoms with van der Waals surface area (Å²) in [6.45, 7) is 6.61. The van der Waals surface area contributed by atoms with E-state index in [9.17, 15) is 9.59 Å². The summed E-state index contributed by atoms with van der Waals surface area (Å²) < 4.78 is 7.17. The lowest BCUT2D eigenvalue weighted by Gasteiger charge is -2.44. The third-order valence-corrected chi connectivity index (χ3v) is 6.35. The molecule has 4 rings (SSSR count). The number of nitrogens with one attached hydrogen (secondary N) is 1. The van der Waals surface area contributed by atoms with Crippen molar-refractivity contribution < 1.29 is 9.53 Å². The maximum Gasteiger partial charge on any atom is 0.308 e. The fourth-order valence-electron chi connectivity index (χ4n) is 4.73. The van der Waals surface area contributed by atoms with Gasteiger partial charge in [0.2, 0.25) is 0 Å². The Labute approximate surface area is 154 Å². The molecular formula is C21H28N2O3. The summed E-state index contributed by atoms with van der Waals surface area (Å²) in [6.07, 6.45) is 7.04. The Bertz CT molecular complexity index is 823. The minimum absolute atomic E-state index is 0.0200. The van der Waals surface area contributed by atoms with Crippen molar-refractivity contribution in [2.75, 3.05) is 0 Å². The third kappa shape index (κ3) is 2.73. The van der Waals surface area contributed by atoms with E-state index in [2.05, 4.69) is 18.3 Å². The van der Waals surface area contributed by atoms with Gasteiger partial charge in [-0.25, -0.2) is 0 Å². The minimum Gasteiger partial charge on any atom is -0.460 e. The molecule has 3 unspecified atom stereocenters. The van der Waals surface area contributed by atoms with Crippen LogP contribution in [0.3, 0.4) is 0 Å². The summed E-state index contributed by atoms with van der Waals surface area (Å²) in [5.74, 6) is -0.0627. The van der Waals surface area contributed by atoms with E-state index in [4.69, 9.17) is 4.74 Å². The SMILES string of the molecule is CC(C)C(=O)OCc1ccc2n(c1=O)CC1CC3=CCCCC3NC21C. The molecule has 3 atom stereocenters. The van der Waals surface area contributed by atoms with Crippen LogP contribution in [0.1, 0.15) is 57.7 Å². The fraction of sp³-hybridized carbons (Fsp3) is 0.619. The molecule has 0 saturated carbocycles. The topological polar surface area (TPSA) is 60.3 Å². The van der Waals surface area contributed by atoms with E-state index in [1.165, 1.54) is 24.8 Å². The summed E-state index contributed by atoms with van der Waals surface area (Å²) in [6, 6.07) is 4.33. The van der Waals surface area contributed by atoms with Gasteiger partial charge in [0.05, 0.1) is 17.0 Å². The van der Waals surface area contributed by atoms with Gasteiger partial charge in [-0.1, -0.05) is 25.5 Å². The molecule has 1 N–H and O–H groups in total. The molecule has 3 aliphatic rings. The number of ether oxygens (including phenoxy) is 1. The molecule has 0 aromatic carbocycles. The molecular weight excluding hydrogens is 328 g/mol. The van der Waals surface area contributed by atoms with Crippen molar-refractivity contribution >= 4 is 5.97 Å². The Morgan fingerprint density at radius 1 is 1.42 bits per heavy atom. The smallest absolute Gasteiger partial charge is 0.308 e. The standard InChI is InChI=1S/C21H28N2O3/c1-13(2)20(25)26-12-15-8-9-18-21(3)16(11-23(18)19(15)24)10-14-6-4-5-7-17(14)22-21/h6,8-9,13,16-17,22H,4-5,7,10-12H2,1-3H3. The molecule has 0 radical (unpaired) electrons. The molecule has 140 valence electrons. The van der Waals surface area contributed by atoms with Crippen molar-refractivity contribution in [3.63, 3.8) is 0 Å². The summed E-state index contributed by atoms with van der Waals surface area (Å²) in [4.78, 5) is 24.7. The first-order valence-corrected chi connectivity index (χ1v) is 9.76. The van der Waals surface area contributed by atoms with E-state index in [0.717, 1.165) is 18.7 Å². The van der Waals surface area contributed by atoms with E-state index < -0.39 is 0 Å². The van der Waals surface area contributed by atoms with Gasteiger partial charge >= 0.3 is 5.97 Å². The van der Waals surface area contributed by atoms with Crippen molar-refractivity contribution in [3.8, 4) is 0 Å². The molecule has 1 aliphatic carbocycles. The lowest BCUT2D eigenvalue weighted by atomic mass is 9.73. The predicted octanol–water partition coefficient (Wildman–Crippen LogP) is 2.86. The van der Waals surface area contributed by atoms with Gasteiger partial charge in [-0.05, 0) is 44.7 Å². The first kappa shape index (κ1) is 17.5. The molecule has 0 spiro atoms. The number of piperidine rings is 1. The highest BCUT2D eigenvalue weighted by Crippen LogP contribution is 2.45. The highest BCUT2D eigenvalue weighted by atomic mass is 16.5. The quantitative estimate of drug-likeness (QED) is 0.668. The number of aromatic nitrogens is 1. The van der Waals surface area contributed by atoms with Gasteiger partial charge in [0, 0.05) is 24.2 Å². The molecule has 0 bridgehead atoms. The van der Waals surface area contributed by atoms with Crippen LogP contribution < -0.4 is 10.9 Å². The van der Waals surface area contributed by atoms with E-state index >= 15 is 0 Å². The maximum atomic E-state index is 13.0. The van der Waals surface area contributed by atoms with Gasteiger partial charge in [0.25, 0.3) is 5.56 Å². The van der Waals surface area contributed by atoms with Crippen LogP contribution >= 0.6 is 0 Å². The Morgan fingerprint density at radius 3 is 3.00 bits per heavy atom. The van der Waals surface area contributed by atoms with Crippen LogP contribution in [0.25, 0.3) is 0 Å². The normalized spacial score (nSPS) is 29.6. The molecule has 1 aromatic heterocycles. The van der Waals surface area contributed by atoms with Crippen LogP contribution in [0.15, 0.2) is 28.6 Å². The predicted molar refractivity (Wildman–Crippen MR) is 99.7 cm³/mol. The number of hydrogen-bond donors (Lipinski definition) is 1. The number of nitrogens with zero attached hydrogens (tertiary/aromatic N) is 1. The van der Waals surface area contributed by atoms with Gasteiger partial charge < -0.3 is 9.30 Å². The van der Waals surface area contributed by atoms with Crippen molar-refractivity contribution in [2.24, 2.45) is 11.8 Å². The Balaban J connectivity index is 1.62. The van der Waals surface area contributed by atoms with Crippen molar-refractivity contribution in [3.05, 3.63) is 45.4 Å². The zero-order valence-electron chi connectivity index (χ0n) is 15.9. The van der Waals surface area contributed by atoms with Crippen molar-refractivity contribution in [1.29, 1.82) is 0 Å². The van der Waals surface area contributed by atoms with Gasteiger partial charge in [0.1, 0.15) is 6.61 Å². The van der Waals surface area contributed by atoms with E-state index in [-0.39, 0.29) is 29.6 Å². The summed E-state index contributed by atoms with van der Waals surface area (Å²) >= 11 is 0. The van der Waals surface area contributed by atoms with Gasteiger partial charge in [-0.15, -0.1) is 0 Å². The molecule has 5 heteroatoms. The van der Waals surface area contributed by atoms with Crippen molar-refractivity contribution in [1.82, 2.24) is 9.88 Å². The number of pyridine rings is 1. The minimum atomic E-state index is -0.270. The van der Waals surface area contributed by atoms with Gasteiger partial charge in [-0.3, -0.25) is 14.9 Å². The lowest BCUT2D eigenvalue weighted by Crippen LogP contribution is -2.54. The zero-order chi connectivity index (χ0) is 18.5. The highest BCUT2D eigenvalue weighted by molar-refractivity contribution is 5.71. The van der Waals surface area contributed by atoms with E-state index in [1.807, 2.05) is 16.7 Å². The average Bonchev–Trinajstić information content (AvgIpc) is 2.91. The number of hydrogen-bond acceptors (Lipinski definition) is 4. The summed E-state index contributed by atoms with van der Waals surface area (Å²) in [5, 5.41) is 3.85. The molecule has 1 fully saturated rings. The van der Waals surface area contributed by atoms with Crippen LogP contribution in [0, 0.1) is 11.8 Å². The largest absolute Gasteiger partial charge is 0.460 e. The van der Waals surface area contributed by atoms with Crippen molar-refractivity contribution in [2.45, 2.75) is 71.2 Å². The summed E-state index contributed by atoms with van der Waals surface area (Å²) in [7, 11) is 0. The average molecular weight is 356 g/mol. The fourth-order valence-corrected chi connectivity index (χ4v) is 4.73. The summed E-state index contributed by atoms with van der Waals surface area (Å²) in [5.41, 5.74) is 2.96. The first-order valence-electron chi connectivity index (χ1n) is 9.76. The van der Waals surface area contributed by atoms with Crippen LogP contribution in [-0.2, 0) is 28.2 Å². The van der Waals surface area contributed by atoms with Gasteiger partial charge in [0.15, 0.2) is 0 Å². The number of esters is 1. The molecule has 2 aliphatic heterocycles. The number of rotatable bonds is 3. The van der Waals surface area contributed by atoms with Crippen LogP contribution in [0.2, 0.25) is 0 Å². The number of allylic oxidation sites excluding steroid dienone is 1. The Kier molecular flexibility index (Phi) is 4.30. The number of carbonyl (C=O) groups is 1. The zero-order valence-corrected chi connectivity index (χ0v) is 15.9. The van der Waals surface area contributed by atoms with E-state index in [1.54, 1.807) is 13.8 Å².